The van der Waals surface area contributed by atoms with Crippen molar-refractivity contribution in [3.05, 3.63) is 71.5 Å². The lowest BCUT2D eigenvalue weighted by molar-refractivity contribution is -0.137. The van der Waals surface area contributed by atoms with Crippen LogP contribution in [0, 0.1) is 0 Å². The average Bonchev–Trinajstić information content (AvgIpc) is 3.43. The van der Waals surface area contributed by atoms with Gasteiger partial charge < -0.3 is 14.5 Å². The largest absolute Gasteiger partial charge is 0.416 e. The summed E-state index contributed by atoms with van der Waals surface area (Å²) in [6.45, 7) is -0.607. The van der Waals surface area contributed by atoms with E-state index in [1.54, 1.807) is 6.07 Å². The highest BCUT2D eigenvalue weighted by atomic mass is 19.4. The van der Waals surface area contributed by atoms with Gasteiger partial charge in [-0.2, -0.15) is 22.0 Å². The zero-order valence-corrected chi connectivity index (χ0v) is 18.6. The first-order valence-electron chi connectivity index (χ1n) is 11.0. The lowest BCUT2D eigenvalue weighted by Crippen LogP contribution is -2.33. The number of fused-ring (bicyclic) bond motifs is 1. The number of aromatic amines is 2. The molecule has 2 atom stereocenters. The van der Waals surface area contributed by atoms with E-state index in [0.29, 0.717) is 36.3 Å². The molecule has 5 nitrogen and oxygen atoms in total. The van der Waals surface area contributed by atoms with Crippen LogP contribution < -0.4 is 4.74 Å². The van der Waals surface area contributed by atoms with Crippen LogP contribution in [0.5, 0.6) is 5.88 Å². The number of alkyl halides is 5. The minimum absolute atomic E-state index is 0.235. The molecule has 2 unspecified atom stereocenters. The van der Waals surface area contributed by atoms with Gasteiger partial charge in [-0.1, -0.05) is 37.3 Å². The number of benzene rings is 2. The van der Waals surface area contributed by atoms with Crippen molar-refractivity contribution >= 4 is 10.9 Å². The fourth-order valence-corrected chi connectivity index (χ4v) is 4.80. The van der Waals surface area contributed by atoms with Gasteiger partial charge in [0.1, 0.15) is 0 Å². The number of hydrogen-bond donors (Lipinski definition) is 2. The molecule has 0 aliphatic carbocycles. The summed E-state index contributed by atoms with van der Waals surface area (Å²) in [6, 6.07) is 14.2. The number of rotatable bonds is 5. The zero-order chi connectivity index (χ0) is 24.8. The maximum atomic E-state index is 13.5. The molecule has 184 valence electrons. The van der Waals surface area contributed by atoms with Crippen molar-refractivity contribution < 1.29 is 31.4 Å². The number of nitrogens with zero attached hydrogens (tertiary/aromatic N) is 1. The van der Waals surface area contributed by atoms with E-state index in [2.05, 4.69) is 19.9 Å². The van der Waals surface area contributed by atoms with E-state index in [-0.39, 0.29) is 5.88 Å². The predicted molar refractivity (Wildman–Crippen MR) is 119 cm³/mol. The fraction of sp³-hybridized carbons (Fsp3) is 0.320. The maximum absolute atomic E-state index is 13.5. The molecule has 0 amide bonds. The first-order valence-corrected chi connectivity index (χ1v) is 11.0. The van der Waals surface area contributed by atoms with E-state index in [0.717, 1.165) is 22.7 Å². The van der Waals surface area contributed by atoms with E-state index in [1.165, 1.54) is 18.2 Å². The minimum Gasteiger partial charge on any atom is -0.415 e. The lowest BCUT2D eigenvalue weighted by atomic mass is 9.74. The molecule has 1 fully saturated rings. The van der Waals surface area contributed by atoms with Gasteiger partial charge in [0.25, 0.3) is 0 Å². The Morgan fingerprint density at radius 1 is 1.11 bits per heavy atom. The van der Waals surface area contributed by atoms with Crippen LogP contribution in [-0.2, 0) is 16.3 Å². The second-order valence-electron chi connectivity index (χ2n) is 8.91. The third-order valence-electron chi connectivity index (χ3n) is 6.53. The smallest absolute Gasteiger partial charge is 0.415 e. The summed E-state index contributed by atoms with van der Waals surface area (Å²) in [5.41, 5.74) is 2.05. The van der Waals surface area contributed by atoms with Gasteiger partial charge >= 0.3 is 12.8 Å². The Morgan fingerprint density at radius 2 is 1.91 bits per heavy atom. The standard InChI is InChI=1S/C25H22F5N3O2/c1-24(9-10-34-19(13-24)18-12-20(33-32-18)35-23(26)27)22-21(16-7-2-3-8-17(16)31-22)14-5-4-6-15(11-14)25(28,29)30/h2-8,11-12,19,23,31H,9-10,13H2,1H3,(H,32,33). The molecule has 1 aliphatic rings. The lowest BCUT2D eigenvalue weighted by Gasteiger charge is -2.38. The van der Waals surface area contributed by atoms with Crippen molar-refractivity contribution in [3.63, 3.8) is 0 Å². The van der Waals surface area contributed by atoms with Gasteiger partial charge in [-0.25, -0.2) is 0 Å². The zero-order valence-electron chi connectivity index (χ0n) is 18.6. The Kier molecular flexibility index (Phi) is 5.79. The van der Waals surface area contributed by atoms with Crippen LogP contribution in [0.15, 0.2) is 54.6 Å². The number of hydrogen-bond acceptors (Lipinski definition) is 3. The van der Waals surface area contributed by atoms with Crippen LogP contribution in [0.4, 0.5) is 22.0 Å². The Hall–Kier alpha value is -3.40. The summed E-state index contributed by atoms with van der Waals surface area (Å²) in [5, 5.41) is 7.28. The van der Waals surface area contributed by atoms with Gasteiger partial charge in [-0.05, 0) is 36.6 Å². The summed E-state index contributed by atoms with van der Waals surface area (Å²) in [7, 11) is 0. The molecule has 5 rings (SSSR count). The normalized spacial score (nSPS) is 21.1. The van der Waals surface area contributed by atoms with Crippen LogP contribution in [0.2, 0.25) is 0 Å². The highest BCUT2D eigenvalue weighted by Crippen LogP contribution is 2.48. The first kappa shape index (κ1) is 23.3. The van der Waals surface area contributed by atoms with Gasteiger partial charge in [-0.15, -0.1) is 5.10 Å². The third kappa shape index (κ3) is 4.50. The summed E-state index contributed by atoms with van der Waals surface area (Å²) in [6.07, 6.45) is -3.90. The van der Waals surface area contributed by atoms with Crippen LogP contribution in [0.25, 0.3) is 22.0 Å². The number of halogens is 5. The Morgan fingerprint density at radius 3 is 2.69 bits per heavy atom. The Labute approximate surface area is 197 Å². The second-order valence-corrected chi connectivity index (χ2v) is 8.91. The number of ether oxygens (including phenoxy) is 2. The number of nitrogens with one attached hydrogen (secondary N) is 2. The highest BCUT2D eigenvalue weighted by Gasteiger charge is 2.40. The maximum Gasteiger partial charge on any atom is 0.416 e. The molecule has 0 spiro atoms. The molecule has 1 aliphatic heterocycles. The van der Waals surface area contributed by atoms with E-state index >= 15 is 0 Å². The molecule has 2 aromatic carbocycles. The molecule has 0 radical (unpaired) electrons. The summed E-state index contributed by atoms with van der Waals surface area (Å²) in [4.78, 5) is 3.45. The van der Waals surface area contributed by atoms with Crippen molar-refractivity contribution in [1.29, 1.82) is 0 Å². The quantitative estimate of drug-likeness (QED) is 0.296. The summed E-state index contributed by atoms with van der Waals surface area (Å²) < 4.78 is 75.8. The van der Waals surface area contributed by atoms with Gasteiger partial charge in [0.05, 0.1) is 17.4 Å². The Balaban J connectivity index is 1.57. The summed E-state index contributed by atoms with van der Waals surface area (Å²) in [5.74, 6) is -0.235. The van der Waals surface area contributed by atoms with E-state index in [1.807, 2.05) is 31.2 Å². The fourth-order valence-electron chi connectivity index (χ4n) is 4.80. The average molecular weight is 491 g/mol. The SMILES string of the molecule is CC1(c2[nH]c3ccccc3c2-c2cccc(C(F)(F)F)c2)CCOC(c2cc(OC(F)F)n[nH]2)C1. The van der Waals surface area contributed by atoms with E-state index in [4.69, 9.17) is 4.74 Å². The second kappa shape index (κ2) is 8.67. The number of H-pyrrole nitrogens is 2. The first-order chi connectivity index (χ1) is 16.6. The van der Waals surface area contributed by atoms with Gasteiger partial charge in [0.2, 0.25) is 5.88 Å². The predicted octanol–water partition coefficient (Wildman–Crippen LogP) is 6.99. The molecule has 35 heavy (non-hydrogen) atoms. The van der Waals surface area contributed by atoms with Crippen molar-refractivity contribution in [1.82, 2.24) is 15.2 Å². The molecular weight excluding hydrogens is 469 g/mol. The molecule has 0 saturated carbocycles. The van der Waals surface area contributed by atoms with Crippen molar-refractivity contribution in [2.75, 3.05) is 6.61 Å². The summed E-state index contributed by atoms with van der Waals surface area (Å²) >= 11 is 0. The molecular formula is C25H22F5N3O2. The molecule has 2 aromatic heterocycles. The van der Waals surface area contributed by atoms with Crippen LogP contribution >= 0.6 is 0 Å². The van der Waals surface area contributed by atoms with Crippen LogP contribution in [-0.4, -0.2) is 28.4 Å². The molecule has 10 heteroatoms. The molecule has 4 aromatic rings. The van der Waals surface area contributed by atoms with Crippen molar-refractivity contribution in [2.24, 2.45) is 0 Å². The monoisotopic (exact) mass is 491 g/mol. The van der Waals surface area contributed by atoms with Crippen LogP contribution in [0.1, 0.15) is 42.8 Å². The topological polar surface area (TPSA) is 62.9 Å². The van der Waals surface area contributed by atoms with E-state index < -0.39 is 29.9 Å². The minimum atomic E-state index is -4.46. The molecule has 1 saturated heterocycles. The van der Waals surface area contributed by atoms with Gasteiger partial charge in [0.15, 0.2) is 0 Å². The van der Waals surface area contributed by atoms with Crippen LogP contribution in [0.3, 0.4) is 0 Å². The third-order valence-corrected chi connectivity index (χ3v) is 6.53. The van der Waals surface area contributed by atoms with E-state index in [9.17, 15) is 22.0 Å². The van der Waals surface area contributed by atoms with Gasteiger partial charge in [-0.3, -0.25) is 5.10 Å². The number of para-hydroxylation sites is 1. The molecule has 0 bridgehead atoms. The Bertz CT molecular complexity index is 1350. The van der Waals surface area contributed by atoms with Crippen molar-refractivity contribution in [2.45, 2.75) is 44.1 Å². The number of aromatic nitrogens is 3. The van der Waals surface area contributed by atoms with Gasteiger partial charge in [0, 0.05) is 40.2 Å². The van der Waals surface area contributed by atoms with Crippen molar-refractivity contribution in [3.8, 4) is 17.0 Å². The highest BCUT2D eigenvalue weighted by molar-refractivity contribution is 5.98. The molecule has 2 N–H and O–H groups in total. The molecule has 3 heterocycles.